The van der Waals surface area contributed by atoms with Gasteiger partial charge in [0, 0.05) is 38.8 Å². The van der Waals surface area contributed by atoms with Crippen molar-refractivity contribution in [2.24, 2.45) is 5.92 Å². The van der Waals surface area contributed by atoms with Gasteiger partial charge in [-0.3, -0.25) is 4.90 Å². The molecule has 6 heteroatoms. The van der Waals surface area contributed by atoms with E-state index in [9.17, 15) is 8.42 Å². The molecule has 1 unspecified atom stereocenters. The molecule has 1 aliphatic heterocycles. The lowest BCUT2D eigenvalue weighted by atomic mass is 10.0. The Morgan fingerprint density at radius 3 is 2.12 bits per heavy atom. The predicted octanol–water partition coefficient (Wildman–Crippen LogP) is -0.192. The molecule has 0 aliphatic carbocycles. The molecule has 0 aromatic carbocycles. The maximum Gasteiger partial charge on any atom is 0.208 e. The van der Waals surface area contributed by atoms with Gasteiger partial charge in [-0.05, 0) is 13.0 Å². The average molecular weight is 263 g/mol. The number of nitrogens with zero attached hydrogens (tertiary/aromatic N) is 2. The molecule has 0 aromatic heterocycles. The smallest absolute Gasteiger partial charge is 0.208 e. The lowest BCUT2D eigenvalue weighted by molar-refractivity contribution is 0.0905. The van der Waals surface area contributed by atoms with Crippen molar-refractivity contribution in [3.8, 4) is 0 Å². The van der Waals surface area contributed by atoms with Crippen LogP contribution in [0.15, 0.2) is 0 Å². The largest absolute Gasteiger partial charge is 0.304 e. The number of nitrogens with one attached hydrogen (secondary N) is 1. The minimum atomic E-state index is -3.09. The number of hydrogen-bond donors (Lipinski definition) is 1. The zero-order valence-electron chi connectivity index (χ0n) is 11.3. The second-order valence-electron chi connectivity index (χ2n) is 5.27. The van der Waals surface area contributed by atoms with Gasteiger partial charge < -0.3 is 4.90 Å². The van der Waals surface area contributed by atoms with Crippen LogP contribution in [0.5, 0.6) is 0 Å². The van der Waals surface area contributed by atoms with Crippen LogP contribution in [0, 0.1) is 5.92 Å². The van der Waals surface area contributed by atoms with E-state index < -0.39 is 10.0 Å². The first kappa shape index (κ1) is 14.9. The van der Waals surface area contributed by atoms with Gasteiger partial charge in [0.2, 0.25) is 10.0 Å². The highest BCUT2D eigenvalue weighted by Gasteiger charge is 2.25. The molecule has 1 atom stereocenters. The summed E-state index contributed by atoms with van der Waals surface area (Å²) in [5.74, 6) is 0.452. The quantitative estimate of drug-likeness (QED) is 0.747. The van der Waals surface area contributed by atoms with Gasteiger partial charge >= 0.3 is 0 Å². The maximum absolute atomic E-state index is 11.2. The minimum Gasteiger partial charge on any atom is -0.304 e. The van der Waals surface area contributed by atoms with Crippen molar-refractivity contribution < 1.29 is 8.42 Å². The molecule has 102 valence electrons. The van der Waals surface area contributed by atoms with Crippen LogP contribution in [0.2, 0.25) is 0 Å². The van der Waals surface area contributed by atoms with E-state index in [1.54, 1.807) is 0 Å². The highest BCUT2D eigenvalue weighted by molar-refractivity contribution is 7.88. The van der Waals surface area contributed by atoms with E-state index in [0.717, 1.165) is 26.2 Å². The van der Waals surface area contributed by atoms with E-state index in [1.807, 2.05) is 0 Å². The fourth-order valence-corrected chi connectivity index (χ4v) is 2.65. The Morgan fingerprint density at radius 2 is 1.71 bits per heavy atom. The molecule has 0 saturated carbocycles. The lowest BCUT2D eigenvalue weighted by Gasteiger charge is -2.39. The number of sulfonamides is 1. The van der Waals surface area contributed by atoms with Gasteiger partial charge in [0.25, 0.3) is 0 Å². The standard InChI is InChI=1S/C11H25N3O2S/c1-10(2)11(9-12-17(4,15)16)14-7-5-13(3)6-8-14/h10-12H,5-9H2,1-4H3. The summed E-state index contributed by atoms with van der Waals surface area (Å²) in [5, 5.41) is 0. The van der Waals surface area contributed by atoms with Gasteiger partial charge in [0.15, 0.2) is 0 Å². The molecule has 0 spiro atoms. The Bertz CT molecular complexity index is 322. The summed E-state index contributed by atoms with van der Waals surface area (Å²) in [6, 6.07) is 0.290. The van der Waals surface area contributed by atoms with E-state index in [0.29, 0.717) is 18.5 Å². The van der Waals surface area contributed by atoms with Crippen LogP contribution in [0.25, 0.3) is 0 Å². The summed E-state index contributed by atoms with van der Waals surface area (Å²) in [6.07, 6.45) is 1.22. The fraction of sp³-hybridized carbons (Fsp3) is 1.00. The van der Waals surface area contributed by atoms with Gasteiger partial charge in [-0.2, -0.15) is 0 Å². The molecule has 0 radical (unpaired) electrons. The summed E-state index contributed by atoms with van der Waals surface area (Å²) < 4.78 is 24.9. The second kappa shape index (κ2) is 6.13. The Kier molecular flexibility index (Phi) is 5.37. The Labute approximate surface area is 105 Å². The van der Waals surface area contributed by atoms with Gasteiger partial charge in [0.1, 0.15) is 0 Å². The van der Waals surface area contributed by atoms with Crippen LogP contribution in [0.3, 0.4) is 0 Å². The van der Waals surface area contributed by atoms with Crippen LogP contribution < -0.4 is 4.72 Å². The van der Waals surface area contributed by atoms with Crippen molar-refractivity contribution in [1.29, 1.82) is 0 Å². The zero-order chi connectivity index (χ0) is 13.1. The van der Waals surface area contributed by atoms with Crippen LogP contribution in [-0.4, -0.2) is 70.3 Å². The van der Waals surface area contributed by atoms with E-state index in [-0.39, 0.29) is 0 Å². The molecule has 0 amide bonds. The zero-order valence-corrected chi connectivity index (χ0v) is 12.1. The molecular weight excluding hydrogens is 238 g/mol. The monoisotopic (exact) mass is 263 g/mol. The van der Waals surface area contributed by atoms with Gasteiger partial charge in [-0.1, -0.05) is 13.8 Å². The third-order valence-corrected chi connectivity index (χ3v) is 4.02. The van der Waals surface area contributed by atoms with Crippen LogP contribution >= 0.6 is 0 Å². The van der Waals surface area contributed by atoms with Gasteiger partial charge in [-0.25, -0.2) is 13.1 Å². The highest BCUT2D eigenvalue weighted by atomic mass is 32.2. The van der Waals surface area contributed by atoms with Crippen molar-refractivity contribution in [2.75, 3.05) is 46.0 Å². The van der Waals surface area contributed by atoms with Crippen LogP contribution in [0.1, 0.15) is 13.8 Å². The molecule has 1 N–H and O–H groups in total. The number of piperazine rings is 1. The molecular formula is C11H25N3O2S. The molecule has 0 bridgehead atoms. The van der Waals surface area contributed by atoms with Crippen molar-refractivity contribution in [3.63, 3.8) is 0 Å². The Hall–Kier alpha value is -0.170. The molecule has 1 heterocycles. The first-order valence-electron chi connectivity index (χ1n) is 6.17. The molecule has 1 aliphatic rings. The maximum atomic E-state index is 11.2. The van der Waals surface area contributed by atoms with E-state index in [4.69, 9.17) is 0 Å². The first-order chi connectivity index (χ1) is 7.79. The summed E-state index contributed by atoms with van der Waals surface area (Å²) in [6.45, 7) is 8.96. The molecule has 1 fully saturated rings. The average Bonchev–Trinajstić information content (AvgIpc) is 2.18. The second-order valence-corrected chi connectivity index (χ2v) is 7.10. The predicted molar refractivity (Wildman–Crippen MR) is 70.5 cm³/mol. The molecule has 1 saturated heterocycles. The summed E-state index contributed by atoms with van der Waals surface area (Å²) >= 11 is 0. The number of rotatable bonds is 5. The van der Waals surface area contributed by atoms with E-state index in [1.165, 1.54) is 6.26 Å². The Morgan fingerprint density at radius 1 is 1.18 bits per heavy atom. The van der Waals surface area contributed by atoms with Crippen molar-refractivity contribution in [2.45, 2.75) is 19.9 Å². The van der Waals surface area contributed by atoms with E-state index in [2.05, 4.69) is 35.4 Å². The lowest BCUT2D eigenvalue weighted by Crippen LogP contribution is -2.54. The third-order valence-electron chi connectivity index (χ3n) is 3.33. The first-order valence-corrected chi connectivity index (χ1v) is 8.06. The topological polar surface area (TPSA) is 52.7 Å². The fourth-order valence-electron chi connectivity index (χ4n) is 2.18. The van der Waals surface area contributed by atoms with Gasteiger partial charge in [0.05, 0.1) is 6.26 Å². The SMILES string of the molecule is CC(C)C(CNS(C)(=O)=O)N1CCN(C)CC1. The van der Waals surface area contributed by atoms with Gasteiger partial charge in [-0.15, -0.1) is 0 Å². The summed E-state index contributed by atoms with van der Waals surface area (Å²) in [4.78, 5) is 4.70. The molecule has 17 heavy (non-hydrogen) atoms. The number of hydrogen-bond acceptors (Lipinski definition) is 4. The Balaban J connectivity index is 2.54. The minimum absolute atomic E-state index is 0.290. The van der Waals surface area contributed by atoms with E-state index >= 15 is 0 Å². The summed E-state index contributed by atoms with van der Waals surface area (Å²) in [7, 11) is -0.968. The van der Waals surface area contributed by atoms with Crippen molar-refractivity contribution in [1.82, 2.24) is 14.5 Å². The summed E-state index contributed by atoms with van der Waals surface area (Å²) in [5.41, 5.74) is 0. The normalized spacial score (nSPS) is 21.9. The van der Waals surface area contributed by atoms with Crippen LogP contribution in [-0.2, 0) is 10.0 Å². The molecule has 1 rings (SSSR count). The highest BCUT2D eigenvalue weighted by Crippen LogP contribution is 2.12. The van der Waals surface area contributed by atoms with Crippen molar-refractivity contribution >= 4 is 10.0 Å². The third kappa shape index (κ3) is 5.33. The van der Waals surface area contributed by atoms with Crippen molar-refractivity contribution in [3.05, 3.63) is 0 Å². The molecule has 5 nitrogen and oxygen atoms in total. The van der Waals surface area contributed by atoms with Crippen LogP contribution in [0.4, 0.5) is 0 Å². The number of likely N-dealkylation sites (N-methyl/N-ethyl adjacent to an activating group) is 1. The molecule has 0 aromatic rings.